The van der Waals surface area contributed by atoms with Crippen LogP contribution < -0.4 is 0 Å². The SMILES string of the molecule is OC(Cc1ccc2c(c1)CCC2)c1ccccc1I. The largest absolute Gasteiger partial charge is 0.388 e. The molecule has 2 aromatic carbocycles. The lowest BCUT2D eigenvalue weighted by molar-refractivity contribution is 0.177. The molecular formula is C17H17IO. The zero-order chi connectivity index (χ0) is 13.2. The highest BCUT2D eigenvalue weighted by Gasteiger charge is 2.14. The van der Waals surface area contributed by atoms with Crippen LogP contribution in [0.2, 0.25) is 0 Å². The fourth-order valence-electron chi connectivity index (χ4n) is 2.83. The summed E-state index contributed by atoms with van der Waals surface area (Å²) in [5.74, 6) is 0. The number of rotatable bonds is 3. The van der Waals surface area contributed by atoms with E-state index >= 15 is 0 Å². The summed E-state index contributed by atoms with van der Waals surface area (Å²) in [6, 6.07) is 14.7. The highest BCUT2D eigenvalue weighted by atomic mass is 127. The summed E-state index contributed by atoms with van der Waals surface area (Å²) in [7, 11) is 0. The van der Waals surface area contributed by atoms with Crippen LogP contribution in [0, 0.1) is 3.57 Å². The van der Waals surface area contributed by atoms with E-state index in [-0.39, 0.29) is 0 Å². The van der Waals surface area contributed by atoms with Crippen molar-refractivity contribution in [2.24, 2.45) is 0 Å². The van der Waals surface area contributed by atoms with Crippen LogP contribution in [0.3, 0.4) is 0 Å². The molecule has 0 fully saturated rings. The molecule has 0 aliphatic heterocycles. The van der Waals surface area contributed by atoms with E-state index in [9.17, 15) is 5.11 Å². The van der Waals surface area contributed by atoms with Crippen LogP contribution in [0.15, 0.2) is 42.5 Å². The van der Waals surface area contributed by atoms with Crippen molar-refractivity contribution in [3.05, 3.63) is 68.3 Å². The Labute approximate surface area is 127 Å². The molecule has 0 heterocycles. The Balaban J connectivity index is 1.80. The van der Waals surface area contributed by atoms with E-state index in [0.29, 0.717) is 6.42 Å². The van der Waals surface area contributed by atoms with Crippen LogP contribution in [0.4, 0.5) is 0 Å². The molecule has 0 spiro atoms. The van der Waals surface area contributed by atoms with Gasteiger partial charge in [-0.2, -0.15) is 0 Å². The third-order valence-electron chi connectivity index (χ3n) is 3.86. The molecule has 1 aliphatic carbocycles. The number of aliphatic hydroxyl groups is 1. The monoisotopic (exact) mass is 364 g/mol. The van der Waals surface area contributed by atoms with Gasteiger partial charge in [-0.3, -0.25) is 0 Å². The first-order valence-corrected chi connectivity index (χ1v) is 7.85. The molecule has 98 valence electrons. The van der Waals surface area contributed by atoms with Crippen LogP contribution in [0.5, 0.6) is 0 Å². The zero-order valence-corrected chi connectivity index (χ0v) is 12.9. The van der Waals surface area contributed by atoms with E-state index in [4.69, 9.17) is 0 Å². The van der Waals surface area contributed by atoms with Crippen molar-refractivity contribution in [2.45, 2.75) is 31.8 Å². The van der Waals surface area contributed by atoms with Crippen molar-refractivity contribution in [1.82, 2.24) is 0 Å². The summed E-state index contributed by atoms with van der Waals surface area (Å²) in [5.41, 5.74) is 5.25. The van der Waals surface area contributed by atoms with Gasteiger partial charge in [0.2, 0.25) is 0 Å². The van der Waals surface area contributed by atoms with Gasteiger partial charge in [0.25, 0.3) is 0 Å². The molecule has 1 unspecified atom stereocenters. The second-order valence-electron chi connectivity index (χ2n) is 5.20. The lowest BCUT2D eigenvalue weighted by atomic mass is 9.98. The van der Waals surface area contributed by atoms with E-state index < -0.39 is 6.10 Å². The molecule has 1 nitrogen and oxygen atoms in total. The third-order valence-corrected chi connectivity index (χ3v) is 4.84. The second kappa shape index (κ2) is 5.63. The quantitative estimate of drug-likeness (QED) is 0.815. The molecule has 0 saturated heterocycles. The number of aryl methyl sites for hydroxylation is 2. The van der Waals surface area contributed by atoms with Gasteiger partial charge in [0.1, 0.15) is 0 Å². The maximum atomic E-state index is 10.4. The highest BCUT2D eigenvalue weighted by molar-refractivity contribution is 14.1. The average Bonchev–Trinajstić information content (AvgIpc) is 2.86. The number of fused-ring (bicyclic) bond motifs is 1. The molecule has 0 saturated carbocycles. The maximum absolute atomic E-state index is 10.4. The normalized spacial score (nSPS) is 15.3. The average molecular weight is 364 g/mol. The molecule has 19 heavy (non-hydrogen) atoms. The molecule has 0 bridgehead atoms. The predicted molar refractivity (Wildman–Crippen MR) is 86.3 cm³/mol. The van der Waals surface area contributed by atoms with Crippen molar-refractivity contribution in [2.75, 3.05) is 0 Å². The van der Waals surface area contributed by atoms with Gasteiger partial charge in [-0.1, -0.05) is 36.4 Å². The van der Waals surface area contributed by atoms with Gasteiger partial charge in [0.05, 0.1) is 6.10 Å². The summed E-state index contributed by atoms with van der Waals surface area (Å²) < 4.78 is 1.13. The van der Waals surface area contributed by atoms with Crippen molar-refractivity contribution in [3.8, 4) is 0 Å². The minimum absolute atomic E-state index is 0.410. The number of benzene rings is 2. The van der Waals surface area contributed by atoms with Crippen molar-refractivity contribution < 1.29 is 5.11 Å². The second-order valence-corrected chi connectivity index (χ2v) is 6.36. The summed E-state index contributed by atoms with van der Waals surface area (Å²) >= 11 is 2.29. The fraction of sp³-hybridized carbons (Fsp3) is 0.294. The molecule has 0 amide bonds. The summed E-state index contributed by atoms with van der Waals surface area (Å²) in [5, 5.41) is 10.4. The van der Waals surface area contributed by atoms with E-state index in [2.05, 4.69) is 40.8 Å². The van der Waals surface area contributed by atoms with Gasteiger partial charge in [0, 0.05) is 9.99 Å². The van der Waals surface area contributed by atoms with Crippen LogP contribution in [-0.4, -0.2) is 5.11 Å². The van der Waals surface area contributed by atoms with Crippen molar-refractivity contribution in [1.29, 1.82) is 0 Å². The highest BCUT2D eigenvalue weighted by Crippen LogP contribution is 2.27. The molecule has 1 atom stereocenters. The Hall–Kier alpha value is -0.870. The molecule has 1 aliphatic rings. The smallest absolute Gasteiger partial charge is 0.0840 e. The lowest BCUT2D eigenvalue weighted by Gasteiger charge is -2.13. The molecule has 0 aromatic heterocycles. The minimum Gasteiger partial charge on any atom is -0.388 e. The first-order valence-electron chi connectivity index (χ1n) is 6.77. The summed E-state index contributed by atoms with van der Waals surface area (Å²) in [4.78, 5) is 0. The number of hydrogen-bond acceptors (Lipinski definition) is 1. The Bertz CT molecular complexity index is 592. The number of hydrogen-bond donors (Lipinski definition) is 1. The van der Waals surface area contributed by atoms with E-state index in [0.717, 1.165) is 9.13 Å². The van der Waals surface area contributed by atoms with Crippen LogP contribution >= 0.6 is 22.6 Å². The Morgan fingerprint density at radius 3 is 2.68 bits per heavy atom. The van der Waals surface area contributed by atoms with Gasteiger partial charge in [-0.05, 0) is 70.2 Å². The van der Waals surface area contributed by atoms with E-state index in [1.165, 1.54) is 36.0 Å². The first-order chi connectivity index (χ1) is 9.24. The Kier molecular flexibility index (Phi) is 3.89. The van der Waals surface area contributed by atoms with Gasteiger partial charge in [-0.15, -0.1) is 0 Å². The van der Waals surface area contributed by atoms with Gasteiger partial charge >= 0.3 is 0 Å². The van der Waals surface area contributed by atoms with Gasteiger partial charge in [-0.25, -0.2) is 0 Å². The Morgan fingerprint density at radius 1 is 1.05 bits per heavy atom. The van der Waals surface area contributed by atoms with Crippen molar-refractivity contribution in [3.63, 3.8) is 0 Å². The van der Waals surface area contributed by atoms with E-state index in [1.54, 1.807) is 0 Å². The van der Waals surface area contributed by atoms with Crippen LogP contribution in [0.25, 0.3) is 0 Å². The summed E-state index contributed by atoms with van der Waals surface area (Å²) in [6.07, 6.45) is 3.98. The zero-order valence-electron chi connectivity index (χ0n) is 10.8. The number of aliphatic hydroxyl groups excluding tert-OH is 1. The third kappa shape index (κ3) is 2.84. The molecule has 2 aromatic rings. The Morgan fingerprint density at radius 2 is 1.84 bits per heavy atom. The molecule has 0 radical (unpaired) electrons. The fourth-order valence-corrected chi connectivity index (χ4v) is 3.58. The van der Waals surface area contributed by atoms with Crippen molar-refractivity contribution >= 4 is 22.6 Å². The van der Waals surface area contributed by atoms with E-state index in [1.807, 2.05) is 24.3 Å². The van der Waals surface area contributed by atoms with Gasteiger partial charge < -0.3 is 5.11 Å². The van der Waals surface area contributed by atoms with Crippen LogP contribution in [-0.2, 0) is 19.3 Å². The maximum Gasteiger partial charge on any atom is 0.0840 e. The lowest BCUT2D eigenvalue weighted by Crippen LogP contribution is -2.04. The molecule has 3 rings (SSSR count). The minimum atomic E-state index is -0.410. The topological polar surface area (TPSA) is 20.2 Å². The summed E-state index contributed by atoms with van der Waals surface area (Å²) in [6.45, 7) is 0. The number of halogens is 1. The standard InChI is InChI=1S/C17H17IO/c18-16-7-2-1-6-15(16)17(19)11-12-8-9-13-4-3-5-14(13)10-12/h1-2,6-10,17,19H,3-5,11H2. The molecular weight excluding hydrogens is 347 g/mol. The molecule has 1 N–H and O–H groups in total. The van der Waals surface area contributed by atoms with Crippen LogP contribution in [0.1, 0.15) is 34.8 Å². The first kappa shape index (κ1) is 13.1. The molecule has 2 heteroatoms. The van der Waals surface area contributed by atoms with Gasteiger partial charge in [0.15, 0.2) is 0 Å². The predicted octanol–water partition coefficient (Wildman–Crippen LogP) is 4.06.